The molecule has 2 aromatic carbocycles. The molecule has 1 atom stereocenters. The van der Waals surface area contributed by atoms with Crippen molar-refractivity contribution >= 4 is 50.7 Å². The summed E-state index contributed by atoms with van der Waals surface area (Å²) in [6.07, 6.45) is 1.71. The summed E-state index contributed by atoms with van der Waals surface area (Å²) < 4.78 is 37.7. The van der Waals surface area contributed by atoms with Crippen LogP contribution in [0.15, 0.2) is 36.4 Å². The van der Waals surface area contributed by atoms with Crippen molar-refractivity contribution in [2.75, 3.05) is 30.3 Å². The van der Waals surface area contributed by atoms with Crippen molar-refractivity contribution < 1.29 is 27.5 Å². The summed E-state index contributed by atoms with van der Waals surface area (Å²) in [7, 11) is -3.66. The summed E-state index contributed by atoms with van der Waals surface area (Å²) in [6, 6.07) is 9.13. The lowest BCUT2D eigenvalue weighted by Crippen LogP contribution is -2.50. The Kier molecular flexibility index (Phi) is 10.7. The van der Waals surface area contributed by atoms with Crippen molar-refractivity contribution in [3.05, 3.63) is 52.0 Å². The first kappa shape index (κ1) is 30.8. The van der Waals surface area contributed by atoms with Crippen LogP contribution in [0.5, 0.6) is 11.5 Å². The van der Waals surface area contributed by atoms with E-state index in [0.29, 0.717) is 52.4 Å². The van der Waals surface area contributed by atoms with Gasteiger partial charge in [0, 0.05) is 47.2 Å². The molecule has 0 spiro atoms. The molecule has 214 valence electrons. The third-order valence-electron chi connectivity index (χ3n) is 6.17. The van der Waals surface area contributed by atoms with Crippen molar-refractivity contribution in [1.29, 1.82) is 0 Å². The molecule has 12 heteroatoms. The van der Waals surface area contributed by atoms with Crippen LogP contribution < -0.4 is 19.1 Å². The van der Waals surface area contributed by atoms with Gasteiger partial charge in [-0.1, -0.05) is 36.2 Å². The second kappa shape index (κ2) is 13.6. The van der Waals surface area contributed by atoms with Gasteiger partial charge in [-0.3, -0.25) is 13.9 Å². The van der Waals surface area contributed by atoms with Crippen LogP contribution in [0.4, 0.5) is 5.69 Å². The highest BCUT2D eigenvalue weighted by molar-refractivity contribution is 7.92. The minimum atomic E-state index is -3.66. The molecule has 0 radical (unpaired) electrons. The van der Waals surface area contributed by atoms with Gasteiger partial charge in [-0.05, 0) is 51.0 Å². The first-order valence-electron chi connectivity index (χ1n) is 12.8. The predicted octanol–water partition coefficient (Wildman–Crippen LogP) is 4.64. The number of fused-ring (bicyclic) bond motifs is 1. The molecule has 0 saturated carbocycles. The van der Waals surface area contributed by atoms with Crippen LogP contribution in [0.25, 0.3) is 0 Å². The Labute approximate surface area is 240 Å². The van der Waals surface area contributed by atoms with E-state index in [1.54, 1.807) is 36.4 Å². The van der Waals surface area contributed by atoms with Crippen LogP contribution in [0.1, 0.15) is 45.6 Å². The lowest BCUT2D eigenvalue weighted by molar-refractivity contribution is -0.141. The van der Waals surface area contributed by atoms with Crippen LogP contribution in [-0.2, 0) is 26.2 Å². The van der Waals surface area contributed by atoms with E-state index >= 15 is 0 Å². The molecular formula is C27H35Cl2N3O6S. The molecule has 0 aliphatic carbocycles. The summed E-state index contributed by atoms with van der Waals surface area (Å²) in [5.74, 6) is 0.423. The molecule has 0 saturated heterocycles. The third-order valence-corrected chi connectivity index (χ3v) is 8.08. The van der Waals surface area contributed by atoms with Crippen molar-refractivity contribution in [1.82, 2.24) is 10.2 Å². The first-order valence-corrected chi connectivity index (χ1v) is 15.4. The molecule has 1 unspecified atom stereocenters. The number of benzene rings is 2. The number of sulfonamides is 1. The average molecular weight is 601 g/mol. The number of nitrogens with one attached hydrogen (secondary N) is 1. The Morgan fingerprint density at radius 2 is 1.69 bits per heavy atom. The highest BCUT2D eigenvalue weighted by Gasteiger charge is 2.30. The number of ether oxygens (including phenoxy) is 2. The van der Waals surface area contributed by atoms with Crippen LogP contribution in [0.2, 0.25) is 10.0 Å². The third kappa shape index (κ3) is 8.16. The molecule has 39 heavy (non-hydrogen) atoms. The SMILES string of the molecule is CCC(C(=O)NC(C)C)N(Cc1c(Cl)cccc1Cl)C(=O)CCCN(c1ccc2c(c1)OCCO2)S(C)(=O)=O. The smallest absolute Gasteiger partial charge is 0.243 e. The van der Waals surface area contributed by atoms with Crippen molar-refractivity contribution in [3.63, 3.8) is 0 Å². The van der Waals surface area contributed by atoms with E-state index in [1.807, 2.05) is 20.8 Å². The zero-order chi connectivity index (χ0) is 28.7. The lowest BCUT2D eigenvalue weighted by atomic mass is 10.1. The Morgan fingerprint density at radius 3 is 2.28 bits per heavy atom. The summed E-state index contributed by atoms with van der Waals surface area (Å²) in [5, 5.41) is 3.66. The van der Waals surface area contributed by atoms with Gasteiger partial charge >= 0.3 is 0 Å². The van der Waals surface area contributed by atoms with Gasteiger partial charge in [0.1, 0.15) is 19.3 Å². The van der Waals surface area contributed by atoms with Crippen LogP contribution in [-0.4, -0.2) is 63.2 Å². The number of amides is 2. The van der Waals surface area contributed by atoms with Gasteiger partial charge in [0.05, 0.1) is 11.9 Å². The maximum Gasteiger partial charge on any atom is 0.243 e. The number of anilines is 1. The number of nitrogens with zero attached hydrogens (tertiary/aromatic N) is 2. The molecule has 2 amide bonds. The highest BCUT2D eigenvalue weighted by Crippen LogP contribution is 2.35. The van der Waals surface area contributed by atoms with E-state index in [-0.39, 0.29) is 43.8 Å². The number of carbonyl (C=O) groups is 2. The first-order chi connectivity index (χ1) is 18.4. The van der Waals surface area contributed by atoms with Crippen molar-refractivity contribution in [2.45, 2.75) is 58.7 Å². The normalized spacial score (nSPS) is 13.6. The molecule has 9 nitrogen and oxygen atoms in total. The van der Waals surface area contributed by atoms with E-state index in [0.717, 1.165) is 6.26 Å². The van der Waals surface area contributed by atoms with Gasteiger partial charge < -0.3 is 19.7 Å². The van der Waals surface area contributed by atoms with E-state index in [4.69, 9.17) is 32.7 Å². The molecule has 0 aromatic heterocycles. The second-order valence-corrected chi connectivity index (χ2v) is 12.3. The molecule has 3 rings (SSSR count). The summed E-state index contributed by atoms with van der Waals surface area (Å²) >= 11 is 12.8. The van der Waals surface area contributed by atoms with E-state index in [2.05, 4.69) is 5.32 Å². The van der Waals surface area contributed by atoms with Gasteiger partial charge in [-0.15, -0.1) is 0 Å². The summed E-state index contributed by atoms with van der Waals surface area (Å²) in [4.78, 5) is 28.1. The number of carbonyl (C=O) groups excluding carboxylic acids is 2. The zero-order valence-electron chi connectivity index (χ0n) is 22.6. The van der Waals surface area contributed by atoms with E-state index < -0.39 is 16.1 Å². The molecule has 0 bridgehead atoms. The van der Waals surface area contributed by atoms with Gasteiger partial charge in [0.2, 0.25) is 21.8 Å². The Morgan fingerprint density at radius 1 is 1.05 bits per heavy atom. The van der Waals surface area contributed by atoms with E-state index in [1.165, 1.54) is 9.21 Å². The lowest BCUT2D eigenvalue weighted by Gasteiger charge is -2.32. The van der Waals surface area contributed by atoms with Crippen LogP contribution in [0.3, 0.4) is 0 Å². The molecule has 1 N–H and O–H groups in total. The number of rotatable bonds is 12. The fourth-order valence-electron chi connectivity index (χ4n) is 4.35. The standard InChI is InChI=1S/C27H35Cl2N3O6S/c1-5-23(27(34)30-18(2)3)31(17-20-21(28)8-6-9-22(20)29)26(33)10-7-13-32(39(4,35)36)19-11-12-24-25(16-19)38-15-14-37-24/h6,8-9,11-12,16,18,23H,5,7,10,13-15,17H2,1-4H3,(H,30,34). The van der Waals surface area contributed by atoms with Gasteiger partial charge in [-0.2, -0.15) is 0 Å². The maximum atomic E-state index is 13.6. The number of hydrogen-bond donors (Lipinski definition) is 1. The minimum Gasteiger partial charge on any atom is -0.486 e. The number of hydrogen-bond acceptors (Lipinski definition) is 6. The summed E-state index contributed by atoms with van der Waals surface area (Å²) in [5.41, 5.74) is 0.954. The fraction of sp³-hybridized carbons (Fsp3) is 0.481. The van der Waals surface area contributed by atoms with Crippen molar-refractivity contribution in [2.24, 2.45) is 0 Å². The average Bonchev–Trinajstić information content (AvgIpc) is 2.86. The quantitative estimate of drug-likeness (QED) is 0.381. The summed E-state index contributed by atoms with van der Waals surface area (Å²) in [6.45, 7) is 6.41. The largest absolute Gasteiger partial charge is 0.486 e. The highest BCUT2D eigenvalue weighted by atomic mass is 35.5. The Balaban J connectivity index is 1.81. The second-order valence-electron chi connectivity index (χ2n) is 9.58. The van der Waals surface area contributed by atoms with E-state index in [9.17, 15) is 18.0 Å². The predicted molar refractivity (Wildman–Crippen MR) is 153 cm³/mol. The monoisotopic (exact) mass is 599 g/mol. The minimum absolute atomic E-state index is 0.00407. The Hall–Kier alpha value is -2.69. The van der Waals surface area contributed by atoms with Crippen molar-refractivity contribution in [3.8, 4) is 11.5 Å². The van der Waals surface area contributed by atoms with Gasteiger partial charge in [0.15, 0.2) is 11.5 Å². The molecular weight excluding hydrogens is 565 g/mol. The molecule has 2 aromatic rings. The van der Waals surface area contributed by atoms with Crippen LogP contribution >= 0.6 is 23.2 Å². The fourth-order valence-corrected chi connectivity index (χ4v) is 5.82. The maximum absolute atomic E-state index is 13.6. The van der Waals surface area contributed by atoms with Crippen LogP contribution in [0, 0.1) is 0 Å². The molecule has 1 aliphatic rings. The topological polar surface area (TPSA) is 105 Å². The van der Waals surface area contributed by atoms with Gasteiger partial charge in [-0.25, -0.2) is 8.42 Å². The molecule has 1 heterocycles. The Bertz CT molecular complexity index is 1270. The van der Waals surface area contributed by atoms with Gasteiger partial charge in [0.25, 0.3) is 0 Å². The molecule has 0 fully saturated rings. The molecule has 1 aliphatic heterocycles. The zero-order valence-corrected chi connectivity index (χ0v) is 24.9. The number of halogens is 2.